The summed E-state index contributed by atoms with van der Waals surface area (Å²) in [6.07, 6.45) is 6.98. The Bertz CT molecular complexity index is 589. The van der Waals surface area contributed by atoms with Gasteiger partial charge < -0.3 is 15.0 Å². The van der Waals surface area contributed by atoms with Crippen LogP contribution in [0.4, 0.5) is 5.69 Å². The molecule has 0 spiro atoms. The fourth-order valence-corrected chi connectivity index (χ4v) is 2.78. The number of anilines is 1. The van der Waals surface area contributed by atoms with Gasteiger partial charge in [0.1, 0.15) is 12.4 Å². The van der Waals surface area contributed by atoms with Gasteiger partial charge in [0.15, 0.2) is 0 Å². The Morgan fingerprint density at radius 1 is 1.43 bits per heavy atom. The standard InChI is InChI=1S/C20H28N2O/c1-5-16(3)13-19(6-2)23-15-18(21-4)14-22-12-11-17-9-7-8-10-20(17)22/h5-10,13,18,21H,1,11-12,14-15H2,2-4H3/b16-13-,19-6+. The van der Waals surface area contributed by atoms with Crippen molar-refractivity contribution in [3.63, 3.8) is 0 Å². The van der Waals surface area contributed by atoms with E-state index in [-0.39, 0.29) is 6.04 Å². The maximum absolute atomic E-state index is 5.96. The fraction of sp³-hybridized carbons (Fsp3) is 0.400. The Kier molecular flexibility index (Phi) is 6.48. The number of likely N-dealkylation sites (N-methyl/N-ethyl adjacent to an activating group) is 1. The first-order chi connectivity index (χ1) is 11.2. The number of hydrogen-bond donors (Lipinski definition) is 1. The molecule has 23 heavy (non-hydrogen) atoms. The lowest BCUT2D eigenvalue weighted by Crippen LogP contribution is -2.41. The maximum Gasteiger partial charge on any atom is 0.115 e. The van der Waals surface area contributed by atoms with Crippen LogP contribution in [0.3, 0.4) is 0 Å². The van der Waals surface area contributed by atoms with Crippen molar-refractivity contribution in [2.24, 2.45) is 0 Å². The van der Waals surface area contributed by atoms with Gasteiger partial charge in [-0.25, -0.2) is 0 Å². The van der Waals surface area contributed by atoms with Crippen LogP contribution in [0.1, 0.15) is 19.4 Å². The first-order valence-corrected chi connectivity index (χ1v) is 8.28. The summed E-state index contributed by atoms with van der Waals surface area (Å²) in [5.74, 6) is 0.893. The summed E-state index contributed by atoms with van der Waals surface area (Å²) in [5.41, 5.74) is 3.91. The molecule has 3 nitrogen and oxygen atoms in total. The van der Waals surface area contributed by atoms with Crippen molar-refractivity contribution in [1.29, 1.82) is 0 Å². The van der Waals surface area contributed by atoms with Gasteiger partial charge >= 0.3 is 0 Å². The van der Waals surface area contributed by atoms with E-state index >= 15 is 0 Å². The van der Waals surface area contributed by atoms with Crippen molar-refractivity contribution in [3.8, 4) is 0 Å². The Morgan fingerprint density at radius 3 is 2.91 bits per heavy atom. The average Bonchev–Trinajstić information content (AvgIpc) is 3.00. The van der Waals surface area contributed by atoms with Crippen molar-refractivity contribution < 1.29 is 4.74 Å². The number of fused-ring (bicyclic) bond motifs is 1. The molecule has 0 aliphatic carbocycles. The van der Waals surface area contributed by atoms with E-state index in [1.54, 1.807) is 0 Å². The zero-order valence-corrected chi connectivity index (χ0v) is 14.5. The normalized spacial score (nSPS) is 16.2. The molecule has 1 aromatic rings. The smallest absolute Gasteiger partial charge is 0.115 e. The number of benzene rings is 1. The van der Waals surface area contributed by atoms with Gasteiger partial charge in [-0.1, -0.05) is 30.9 Å². The molecular formula is C20H28N2O. The van der Waals surface area contributed by atoms with Gasteiger partial charge in [-0.05, 0) is 56.7 Å². The van der Waals surface area contributed by atoms with Gasteiger partial charge in [0.25, 0.3) is 0 Å². The van der Waals surface area contributed by atoms with E-state index in [2.05, 4.69) is 41.1 Å². The number of rotatable bonds is 8. The zero-order chi connectivity index (χ0) is 16.7. The molecule has 0 fully saturated rings. The predicted molar refractivity (Wildman–Crippen MR) is 98.9 cm³/mol. The van der Waals surface area contributed by atoms with Crippen molar-refractivity contribution in [2.75, 3.05) is 31.6 Å². The summed E-state index contributed by atoms with van der Waals surface area (Å²) in [6, 6.07) is 8.95. The third-order valence-corrected chi connectivity index (χ3v) is 4.26. The third kappa shape index (κ3) is 4.73. The van der Waals surface area contributed by atoms with Gasteiger partial charge in [-0.2, -0.15) is 0 Å². The topological polar surface area (TPSA) is 24.5 Å². The van der Waals surface area contributed by atoms with Crippen LogP contribution in [0.5, 0.6) is 0 Å². The minimum absolute atomic E-state index is 0.286. The maximum atomic E-state index is 5.96. The van der Waals surface area contributed by atoms with Crippen LogP contribution >= 0.6 is 0 Å². The zero-order valence-electron chi connectivity index (χ0n) is 14.5. The van der Waals surface area contributed by atoms with Gasteiger partial charge in [0.05, 0.1) is 6.04 Å². The molecule has 1 unspecified atom stereocenters. The molecule has 0 amide bonds. The van der Waals surface area contributed by atoms with Crippen LogP contribution in [0.15, 0.2) is 60.4 Å². The van der Waals surface area contributed by atoms with Crippen LogP contribution in [-0.4, -0.2) is 32.8 Å². The summed E-state index contributed by atoms with van der Waals surface area (Å²) in [4.78, 5) is 2.44. The van der Waals surface area contributed by atoms with Crippen molar-refractivity contribution in [1.82, 2.24) is 5.32 Å². The second kappa shape index (κ2) is 8.59. The van der Waals surface area contributed by atoms with Crippen LogP contribution < -0.4 is 10.2 Å². The fourth-order valence-electron chi connectivity index (χ4n) is 2.78. The molecule has 0 bridgehead atoms. The van der Waals surface area contributed by atoms with Gasteiger partial charge in [0, 0.05) is 18.8 Å². The summed E-state index contributed by atoms with van der Waals surface area (Å²) >= 11 is 0. The lowest BCUT2D eigenvalue weighted by Gasteiger charge is -2.26. The molecule has 0 saturated carbocycles. The van der Waals surface area contributed by atoms with Gasteiger partial charge in [-0.3, -0.25) is 0 Å². The largest absolute Gasteiger partial charge is 0.492 e. The first kappa shape index (κ1) is 17.4. The highest BCUT2D eigenvalue weighted by Gasteiger charge is 2.21. The van der Waals surface area contributed by atoms with Gasteiger partial charge in [-0.15, -0.1) is 0 Å². The van der Waals surface area contributed by atoms with E-state index < -0.39 is 0 Å². The second-order valence-electron chi connectivity index (χ2n) is 5.90. The van der Waals surface area contributed by atoms with E-state index in [1.807, 2.05) is 39.1 Å². The molecule has 124 valence electrons. The Labute approximate surface area is 140 Å². The van der Waals surface area contributed by atoms with Crippen LogP contribution in [0.2, 0.25) is 0 Å². The number of ether oxygens (including phenoxy) is 1. The minimum atomic E-state index is 0.286. The van der Waals surface area contributed by atoms with E-state index in [4.69, 9.17) is 4.74 Å². The van der Waals surface area contributed by atoms with E-state index in [0.717, 1.165) is 30.8 Å². The van der Waals surface area contributed by atoms with Crippen molar-refractivity contribution >= 4 is 5.69 Å². The molecule has 0 saturated heterocycles. The van der Waals surface area contributed by atoms with Crippen LogP contribution in [-0.2, 0) is 11.2 Å². The molecule has 1 atom stereocenters. The van der Waals surface area contributed by atoms with Crippen molar-refractivity contribution in [3.05, 3.63) is 66.0 Å². The Balaban J connectivity index is 1.93. The molecule has 1 heterocycles. The predicted octanol–water partition coefficient (Wildman–Crippen LogP) is 3.69. The van der Waals surface area contributed by atoms with E-state index in [0.29, 0.717) is 6.61 Å². The Hall–Kier alpha value is -2.00. The Morgan fingerprint density at radius 2 is 2.22 bits per heavy atom. The number of nitrogens with one attached hydrogen (secondary N) is 1. The lowest BCUT2D eigenvalue weighted by atomic mass is 10.2. The summed E-state index contributed by atoms with van der Waals surface area (Å²) < 4.78 is 5.96. The molecule has 1 N–H and O–H groups in total. The van der Waals surface area contributed by atoms with Crippen LogP contribution in [0, 0.1) is 0 Å². The molecule has 3 heteroatoms. The number of para-hydroxylation sites is 1. The molecule has 0 radical (unpaired) electrons. The van der Waals surface area contributed by atoms with Crippen LogP contribution in [0.25, 0.3) is 0 Å². The summed E-state index contributed by atoms with van der Waals surface area (Å²) in [7, 11) is 2.00. The molecular weight excluding hydrogens is 284 g/mol. The first-order valence-electron chi connectivity index (χ1n) is 8.28. The molecule has 1 aromatic carbocycles. The molecule has 0 aromatic heterocycles. The monoisotopic (exact) mass is 312 g/mol. The van der Waals surface area contributed by atoms with E-state index in [9.17, 15) is 0 Å². The molecule has 1 aliphatic heterocycles. The second-order valence-corrected chi connectivity index (χ2v) is 5.90. The highest BCUT2D eigenvalue weighted by molar-refractivity contribution is 5.57. The molecule has 1 aliphatic rings. The number of allylic oxidation sites excluding steroid dienone is 4. The number of nitrogens with zero attached hydrogens (tertiary/aromatic N) is 1. The molecule has 2 rings (SSSR count). The third-order valence-electron chi connectivity index (χ3n) is 4.26. The quantitative estimate of drug-likeness (QED) is 0.585. The number of hydrogen-bond acceptors (Lipinski definition) is 3. The average molecular weight is 312 g/mol. The minimum Gasteiger partial charge on any atom is -0.492 e. The summed E-state index contributed by atoms with van der Waals surface area (Å²) in [6.45, 7) is 10.5. The van der Waals surface area contributed by atoms with Gasteiger partial charge in [0.2, 0.25) is 0 Å². The summed E-state index contributed by atoms with van der Waals surface area (Å²) in [5, 5.41) is 3.37. The van der Waals surface area contributed by atoms with E-state index in [1.165, 1.54) is 11.3 Å². The highest BCUT2D eigenvalue weighted by Crippen LogP contribution is 2.27. The highest BCUT2D eigenvalue weighted by atomic mass is 16.5. The SMILES string of the molecule is C=C/C(C)=C\C(=C/C)OCC(CN1CCc2ccccc21)NC. The lowest BCUT2D eigenvalue weighted by molar-refractivity contribution is 0.193. The van der Waals surface area contributed by atoms with Crippen molar-refractivity contribution in [2.45, 2.75) is 26.3 Å².